The van der Waals surface area contributed by atoms with Gasteiger partial charge in [0.25, 0.3) is 5.91 Å². The zero-order valence-electron chi connectivity index (χ0n) is 8.40. The number of hydroxylamine groups is 1. The molecule has 0 aliphatic carbocycles. The Hall–Kier alpha value is -1.33. The molecule has 1 aromatic rings. The van der Waals surface area contributed by atoms with E-state index in [0.29, 0.717) is 18.9 Å². The minimum Gasteiger partial charge on any atom is -0.467 e. The monoisotopic (exact) mass is 208 g/mol. The molecule has 1 amide bonds. The number of nitrogens with zero attached hydrogens (tertiary/aromatic N) is 1. The van der Waals surface area contributed by atoms with Crippen LogP contribution in [0.15, 0.2) is 22.8 Å². The number of fused-ring (bicyclic) bond motifs is 1. The molecule has 0 spiro atoms. The molecule has 0 unspecified atom stereocenters. The molecule has 0 bridgehead atoms. The summed E-state index contributed by atoms with van der Waals surface area (Å²) in [6.07, 6.45) is 1.58. The molecule has 0 radical (unpaired) electrons. The molecule has 5 heteroatoms. The second-order valence-electron chi connectivity index (χ2n) is 4.08. The summed E-state index contributed by atoms with van der Waals surface area (Å²) in [5.41, 5.74) is 2.04. The predicted octanol–water partition coefficient (Wildman–Crippen LogP) is 0.0979. The Morgan fingerprint density at radius 2 is 2.53 bits per heavy atom. The molecule has 15 heavy (non-hydrogen) atoms. The van der Waals surface area contributed by atoms with Crippen LogP contribution in [0.4, 0.5) is 0 Å². The molecular weight excluding hydrogens is 196 g/mol. The van der Waals surface area contributed by atoms with Crippen LogP contribution in [0.1, 0.15) is 5.76 Å². The van der Waals surface area contributed by atoms with E-state index in [0.717, 1.165) is 0 Å². The van der Waals surface area contributed by atoms with Crippen LogP contribution < -0.4 is 5.48 Å². The summed E-state index contributed by atoms with van der Waals surface area (Å²) >= 11 is 0. The third-order valence-corrected chi connectivity index (χ3v) is 3.22. The van der Waals surface area contributed by atoms with Gasteiger partial charge in [0.05, 0.1) is 12.9 Å². The van der Waals surface area contributed by atoms with E-state index in [9.17, 15) is 4.79 Å². The van der Waals surface area contributed by atoms with Crippen LogP contribution in [0.5, 0.6) is 0 Å². The van der Waals surface area contributed by atoms with Gasteiger partial charge in [-0.2, -0.15) is 5.48 Å². The van der Waals surface area contributed by atoms with Crippen LogP contribution in [0, 0.1) is 5.92 Å². The quantitative estimate of drug-likeness (QED) is 0.711. The van der Waals surface area contributed by atoms with E-state index in [4.69, 9.17) is 9.25 Å². The fraction of sp³-hybridized carbons (Fsp3) is 0.500. The van der Waals surface area contributed by atoms with Crippen molar-refractivity contribution >= 4 is 5.91 Å². The first kappa shape index (κ1) is 8.94. The van der Waals surface area contributed by atoms with Crippen molar-refractivity contribution < 1.29 is 14.0 Å². The normalized spacial score (nSPS) is 34.9. The van der Waals surface area contributed by atoms with E-state index >= 15 is 0 Å². The van der Waals surface area contributed by atoms with Gasteiger partial charge in [-0.15, -0.1) is 0 Å². The van der Waals surface area contributed by atoms with Gasteiger partial charge in [0.2, 0.25) is 0 Å². The fourth-order valence-corrected chi connectivity index (χ4v) is 2.45. The highest BCUT2D eigenvalue weighted by Crippen LogP contribution is 2.41. The third kappa shape index (κ3) is 0.965. The van der Waals surface area contributed by atoms with Gasteiger partial charge in [0, 0.05) is 19.5 Å². The lowest BCUT2D eigenvalue weighted by atomic mass is 9.86. The van der Waals surface area contributed by atoms with Crippen LogP contribution in [0.25, 0.3) is 0 Å². The van der Waals surface area contributed by atoms with E-state index in [-0.39, 0.29) is 11.8 Å². The number of hydrogen-bond donors (Lipinski definition) is 1. The van der Waals surface area contributed by atoms with E-state index in [1.165, 1.54) is 0 Å². The Morgan fingerprint density at radius 3 is 3.27 bits per heavy atom. The molecule has 2 aliphatic heterocycles. The molecule has 3 rings (SSSR count). The van der Waals surface area contributed by atoms with Crippen LogP contribution in [-0.2, 0) is 15.2 Å². The Morgan fingerprint density at radius 1 is 1.67 bits per heavy atom. The zero-order chi connectivity index (χ0) is 10.5. The summed E-state index contributed by atoms with van der Waals surface area (Å²) in [6.45, 7) is 1.24. The zero-order valence-corrected chi connectivity index (χ0v) is 8.40. The number of furan rings is 1. The lowest BCUT2D eigenvalue weighted by Gasteiger charge is -2.22. The number of nitrogens with one attached hydrogen (secondary N) is 1. The maximum absolute atomic E-state index is 12.1. The molecule has 2 aliphatic rings. The Bertz CT molecular complexity index is 389. The van der Waals surface area contributed by atoms with Gasteiger partial charge in [0.15, 0.2) is 5.54 Å². The lowest BCUT2D eigenvalue weighted by Crippen LogP contribution is -2.46. The Labute approximate surface area is 86.9 Å². The summed E-state index contributed by atoms with van der Waals surface area (Å²) in [6, 6.07) is 3.60. The SMILES string of the molecule is CN1C[C@@H]2CON[C@]2(c2ccco2)C1=O. The smallest absolute Gasteiger partial charge is 0.253 e. The largest absolute Gasteiger partial charge is 0.467 e. The highest BCUT2D eigenvalue weighted by atomic mass is 16.7. The number of carbonyl (C=O) groups excluding carboxylic acids is 1. The van der Waals surface area contributed by atoms with E-state index in [2.05, 4.69) is 5.48 Å². The summed E-state index contributed by atoms with van der Waals surface area (Å²) < 4.78 is 5.35. The summed E-state index contributed by atoms with van der Waals surface area (Å²) in [4.78, 5) is 19.0. The molecule has 2 fully saturated rings. The molecular formula is C10H12N2O3. The van der Waals surface area contributed by atoms with E-state index < -0.39 is 5.54 Å². The minimum absolute atomic E-state index is 0.0138. The van der Waals surface area contributed by atoms with Crippen LogP contribution in [-0.4, -0.2) is 31.0 Å². The van der Waals surface area contributed by atoms with Crippen LogP contribution in [0.3, 0.4) is 0 Å². The van der Waals surface area contributed by atoms with Crippen LogP contribution >= 0.6 is 0 Å². The maximum Gasteiger partial charge on any atom is 0.253 e. The molecule has 80 valence electrons. The molecule has 3 heterocycles. The molecule has 1 N–H and O–H groups in total. The molecule has 0 saturated carbocycles. The van der Waals surface area contributed by atoms with E-state index in [1.807, 2.05) is 6.07 Å². The van der Waals surface area contributed by atoms with Crippen molar-refractivity contribution in [1.29, 1.82) is 0 Å². The van der Waals surface area contributed by atoms with Crippen molar-refractivity contribution in [3.8, 4) is 0 Å². The van der Waals surface area contributed by atoms with Crippen molar-refractivity contribution in [2.75, 3.05) is 20.2 Å². The summed E-state index contributed by atoms with van der Waals surface area (Å²) in [7, 11) is 1.80. The van der Waals surface area contributed by atoms with Crippen molar-refractivity contribution in [1.82, 2.24) is 10.4 Å². The second kappa shape index (κ2) is 2.84. The van der Waals surface area contributed by atoms with Gasteiger partial charge in [0.1, 0.15) is 5.76 Å². The fourth-order valence-electron chi connectivity index (χ4n) is 2.45. The van der Waals surface area contributed by atoms with Gasteiger partial charge in [-0.3, -0.25) is 9.63 Å². The highest BCUT2D eigenvalue weighted by Gasteiger charge is 2.59. The first-order chi connectivity index (χ1) is 7.25. The number of amides is 1. The number of rotatable bonds is 1. The highest BCUT2D eigenvalue weighted by molar-refractivity contribution is 5.89. The van der Waals surface area contributed by atoms with Gasteiger partial charge < -0.3 is 9.32 Å². The number of carbonyl (C=O) groups is 1. The number of likely N-dealkylation sites (N-methyl/N-ethyl adjacent to an activating group) is 1. The number of hydrogen-bond acceptors (Lipinski definition) is 4. The van der Waals surface area contributed by atoms with Crippen molar-refractivity contribution in [2.24, 2.45) is 5.92 Å². The van der Waals surface area contributed by atoms with Crippen molar-refractivity contribution in [2.45, 2.75) is 5.54 Å². The van der Waals surface area contributed by atoms with E-state index in [1.54, 1.807) is 24.3 Å². The van der Waals surface area contributed by atoms with Gasteiger partial charge in [-0.05, 0) is 12.1 Å². The molecule has 1 aromatic heterocycles. The molecule has 2 saturated heterocycles. The first-order valence-electron chi connectivity index (χ1n) is 4.93. The predicted molar refractivity (Wildman–Crippen MR) is 50.6 cm³/mol. The van der Waals surface area contributed by atoms with Gasteiger partial charge in [-0.1, -0.05) is 0 Å². The van der Waals surface area contributed by atoms with Gasteiger partial charge in [-0.25, -0.2) is 0 Å². The Kier molecular flexibility index (Phi) is 1.69. The average Bonchev–Trinajstić information content (AvgIpc) is 2.86. The molecule has 5 nitrogen and oxygen atoms in total. The Balaban J connectivity index is 2.11. The number of likely N-dealkylation sites (tertiary alicyclic amines) is 1. The molecule has 2 atom stereocenters. The third-order valence-electron chi connectivity index (χ3n) is 3.22. The van der Waals surface area contributed by atoms with Crippen molar-refractivity contribution in [3.05, 3.63) is 24.2 Å². The molecule has 0 aromatic carbocycles. The minimum atomic E-state index is -0.793. The second-order valence-corrected chi connectivity index (χ2v) is 4.08. The van der Waals surface area contributed by atoms with Crippen LogP contribution in [0.2, 0.25) is 0 Å². The summed E-state index contributed by atoms with van der Waals surface area (Å²) in [5.74, 6) is 0.778. The average molecular weight is 208 g/mol. The van der Waals surface area contributed by atoms with Gasteiger partial charge >= 0.3 is 0 Å². The summed E-state index contributed by atoms with van der Waals surface area (Å²) in [5, 5.41) is 0. The topological polar surface area (TPSA) is 54.7 Å². The maximum atomic E-state index is 12.1. The van der Waals surface area contributed by atoms with Crippen molar-refractivity contribution in [3.63, 3.8) is 0 Å². The standard InChI is InChI=1S/C10H12N2O3/c1-12-5-7-6-15-11-10(7,9(12)13)8-3-2-4-14-8/h2-4,7,11H,5-6H2,1H3/t7-,10-/m1/s1. The lowest BCUT2D eigenvalue weighted by molar-refractivity contribution is -0.136. The first-order valence-corrected chi connectivity index (χ1v) is 4.93.